The van der Waals surface area contributed by atoms with E-state index in [2.05, 4.69) is 22.1 Å². The lowest BCUT2D eigenvalue weighted by atomic mass is 10.5. The van der Waals surface area contributed by atoms with Gasteiger partial charge in [0.05, 0.1) is 6.54 Å². The van der Waals surface area contributed by atoms with Gasteiger partial charge < -0.3 is 0 Å². The maximum Gasteiger partial charge on any atom is 0.174 e. The van der Waals surface area contributed by atoms with Crippen LogP contribution >= 0.6 is 11.8 Å². The Morgan fingerprint density at radius 2 is 2.40 bits per heavy atom. The molecule has 1 saturated heterocycles. The Kier molecular flexibility index (Phi) is 1.58. The van der Waals surface area contributed by atoms with E-state index in [1.54, 1.807) is 0 Å². The summed E-state index contributed by atoms with van der Waals surface area (Å²) in [4.78, 5) is 4.41. The van der Waals surface area contributed by atoms with Crippen LogP contribution in [0.2, 0.25) is 0 Å². The molecule has 2 aliphatic rings. The van der Waals surface area contributed by atoms with Crippen LogP contribution in [0.4, 0.5) is 0 Å². The van der Waals surface area contributed by atoms with Crippen LogP contribution in [-0.2, 0) is 0 Å². The first kappa shape index (κ1) is 6.49. The number of amidine groups is 1. The van der Waals surface area contributed by atoms with Crippen molar-refractivity contribution < 1.29 is 0 Å². The Bertz CT molecular complexity index is 168. The molecule has 3 nitrogen and oxygen atoms in total. The van der Waals surface area contributed by atoms with Crippen LogP contribution in [0.1, 0.15) is 0 Å². The number of hydrogen-bond acceptors (Lipinski definition) is 4. The van der Waals surface area contributed by atoms with E-state index in [1.165, 1.54) is 10.9 Å². The average Bonchev–Trinajstić information content (AvgIpc) is 2.36. The number of fused-ring (bicyclic) bond motifs is 1. The number of thioether (sulfide) groups is 1. The molecule has 1 fully saturated rings. The van der Waals surface area contributed by atoms with E-state index < -0.39 is 0 Å². The lowest BCUT2D eigenvalue weighted by Crippen LogP contribution is -2.44. The summed E-state index contributed by atoms with van der Waals surface area (Å²) in [6.07, 6.45) is 0. The fourth-order valence-electron chi connectivity index (χ4n) is 1.25. The van der Waals surface area contributed by atoms with Gasteiger partial charge in [0.2, 0.25) is 0 Å². The highest BCUT2D eigenvalue weighted by Crippen LogP contribution is 2.21. The molecule has 0 amide bonds. The fourth-order valence-corrected chi connectivity index (χ4v) is 2.26. The van der Waals surface area contributed by atoms with Crippen LogP contribution in [0.15, 0.2) is 4.99 Å². The summed E-state index contributed by atoms with van der Waals surface area (Å²) in [6.45, 7) is 3.18. The molecule has 56 valence electrons. The van der Waals surface area contributed by atoms with E-state index in [9.17, 15) is 0 Å². The van der Waals surface area contributed by atoms with Crippen LogP contribution < -0.4 is 0 Å². The molecule has 2 aliphatic heterocycles. The van der Waals surface area contributed by atoms with Crippen molar-refractivity contribution in [1.82, 2.24) is 10.0 Å². The minimum Gasteiger partial charge on any atom is -0.284 e. The Morgan fingerprint density at radius 1 is 1.50 bits per heavy atom. The summed E-state index contributed by atoms with van der Waals surface area (Å²) < 4.78 is 0. The molecule has 0 aromatic carbocycles. The fraction of sp³-hybridized carbons (Fsp3) is 0.833. The van der Waals surface area contributed by atoms with Gasteiger partial charge in [0.25, 0.3) is 0 Å². The van der Waals surface area contributed by atoms with Crippen molar-refractivity contribution in [1.29, 1.82) is 0 Å². The molecule has 0 N–H and O–H groups in total. The van der Waals surface area contributed by atoms with Crippen molar-refractivity contribution in [2.24, 2.45) is 4.99 Å². The quantitative estimate of drug-likeness (QED) is 0.502. The molecular formula is C6H11N3S. The monoisotopic (exact) mass is 157 g/mol. The van der Waals surface area contributed by atoms with Crippen molar-refractivity contribution in [3.8, 4) is 0 Å². The third-order valence-electron chi connectivity index (χ3n) is 1.84. The zero-order chi connectivity index (χ0) is 6.97. The first-order chi connectivity index (χ1) is 4.88. The highest BCUT2D eigenvalue weighted by Gasteiger charge is 2.25. The van der Waals surface area contributed by atoms with Crippen molar-refractivity contribution in [2.45, 2.75) is 0 Å². The van der Waals surface area contributed by atoms with E-state index in [0.29, 0.717) is 0 Å². The Labute approximate surface area is 65.1 Å². The minimum absolute atomic E-state index is 0.968. The van der Waals surface area contributed by atoms with Gasteiger partial charge in [0.15, 0.2) is 5.17 Å². The highest BCUT2D eigenvalue weighted by atomic mass is 32.2. The van der Waals surface area contributed by atoms with Gasteiger partial charge in [-0.2, -0.15) is 0 Å². The Balaban J connectivity index is 2.18. The molecule has 0 bridgehead atoms. The highest BCUT2D eigenvalue weighted by molar-refractivity contribution is 8.14. The average molecular weight is 157 g/mol. The predicted molar refractivity (Wildman–Crippen MR) is 44.1 cm³/mol. The Morgan fingerprint density at radius 3 is 3.20 bits per heavy atom. The van der Waals surface area contributed by atoms with E-state index >= 15 is 0 Å². The molecule has 0 aromatic rings. The van der Waals surface area contributed by atoms with Crippen molar-refractivity contribution in [3.63, 3.8) is 0 Å². The molecule has 0 unspecified atom stereocenters. The zero-order valence-corrected chi connectivity index (χ0v) is 6.89. The summed E-state index contributed by atoms with van der Waals surface area (Å²) in [7, 11) is 2.13. The van der Waals surface area contributed by atoms with Crippen molar-refractivity contribution >= 4 is 16.9 Å². The van der Waals surface area contributed by atoms with Gasteiger partial charge in [-0.15, -0.1) is 0 Å². The maximum atomic E-state index is 4.41. The van der Waals surface area contributed by atoms with E-state index in [1.807, 2.05) is 11.8 Å². The van der Waals surface area contributed by atoms with Crippen LogP contribution in [-0.4, -0.2) is 47.6 Å². The first-order valence-corrected chi connectivity index (χ1v) is 4.52. The summed E-state index contributed by atoms with van der Waals surface area (Å²) in [6, 6.07) is 0. The van der Waals surface area contributed by atoms with Crippen molar-refractivity contribution in [2.75, 3.05) is 32.4 Å². The summed E-state index contributed by atoms with van der Waals surface area (Å²) >= 11 is 1.86. The molecule has 0 atom stereocenters. The predicted octanol–water partition coefficient (Wildman–Crippen LogP) is 0.252. The van der Waals surface area contributed by atoms with Gasteiger partial charge in [-0.25, -0.2) is 5.01 Å². The smallest absolute Gasteiger partial charge is 0.174 e. The SMILES string of the molecule is CN1CCN=C2SCCN21. The summed E-state index contributed by atoms with van der Waals surface area (Å²) in [5, 5.41) is 5.73. The third kappa shape index (κ3) is 0.914. The van der Waals surface area contributed by atoms with Crippen LogP contribution in [0.5, 0.6) is 0 Å². The lowest BCUT2D eigenvalue weighted by molar-refractivity contribution is 0.0851. The van der Waals surface area contributed by atoms with Crippen molar-refractivity contribution in [3.05, 3.63) is 0 Å². The van der Waals surface area contributed by atoms with Gasteiger partial charge in [-0.3, -0.25) is 10.0 Å². The summed E-state index contributed by atoms with van der Waals surface area (Å²) in [5.41, 5.74) is 0. The van der Waals surface area contributed by atoms with E-state index in [-0.39, 0.29) is 0 Å². The minimum atomic E-state index is 0.968. The molecule has 0 spiro atoms. The second kappa shape index (κ2) is 2.43. The zero-order valence-electron chi connectivity index (χ0n) is 6.08. The van der Waals surface area contributed by atoms with Gasteiger partial charge in [-0.1, -0.05) is 11.8 Å². The van der Waals surface area contributed by atoms with E-state index in [4.69, 9.17) is 0 Å². The molecular weight excluding hydrogens is 146 g/mol. The molecule has 0 aliphatic carbocycles. The second-order valence-corrected chi connectivity index (χ2v) is 3.58. The largest absolute Gasteiger partial charge is 0.284 e. The molecule has 0 radical (unpaired) electrons. The van der Waals surface area contributed by atoms with Gasteiger partial charge >= 0.3 is 0 Å². The van der Waals surface area contributed by atoms with Crippen LogP contribution in [0, 0.1) is 0 Å². The van der Waals surface area contributed by atoms with Gasteiger partial charge in [0, 0.05) is 25.9 Å². The Hall–Kier alpha value is -0.220. The maximum absolute atomic E-state index is 4.41. The normalized spacial score (nSPS) is 26.5. The molecule has 2 heterocycles. The number of nitrogens with zero attached hydrogens (tertiary/aromatic N) is 3. The standard InChI is InChI=1S/C6H11N3S/c1-8-3-2-7-6-9(8)4-5-10-6/h2-5H2,1H3. The third-order valence-corrected chi connectivity index (χ3v) is 2.82. The number of hydrogen-bond donors (Lipinski definition) is 0. The molecule has 2 rings (SSSR count). The molecule has 0 aromatic heterocycles. The first-order valence-electron chi connectivity index (χ1n) is 3.54. The molecule has 10 heavy (non-hydrogen) atoms. The number of aliphatic imine (C=N–C) groups is 1. The van der Waals surface area contributed by atoms with Crippen LogP contribution in [0.25, 0.3) is 0 Å². The number of likely N-dealkylation sites (N-methyl/N-ethyl adjacent to an activating group) is 1. The van der Waals surface area contributed by atoms with Crippen LogP contribution in [0.3, 0.4) is 0 Å². The lowest BCUT2D eigenvalue weighted by Gasteiger charge is -2.31. The summed E-state index contributed by atoms with van der Waals surface area (Å²) in [5.74, 6) is 1.20. The van der Waals surface area contributed by atoms with E-state index in [0.717, 1.165) is 19.6 Å². The number of rotatable bonds is 0. The van der Waals surface area contributed by atoms with Gasteiger partial charge in [0.1, 0.15) is 0 Å². The topological polar surface area (TPSA) is 18.8 Å². The molecule has 4 heteroatoms. The second-order valence-electron chi connectivity index (χ2n) is 2.52. The van der Waals surface area contributed by atoms with Gasteiger partial charge in [-0.05, 0) is 0 Å². The number of hydrazine groups is 1. The molecule has 0 saturated carbocycles.